The predicted octanol–water partition coefficient (Wildman–Crippen LogP) is 1.10. The maximum atomic E-state index is 10.8. The molecule has 1 aromatic rings. The van der Waals surface area contributed by atoms with Gasteiger partial charge in [-0.05, 0) is 27.2 Å². The molecule has 0 bridgehead atoms. The lowest BCUT2D eigenvalue weighted by Crippen LogP contribution is -2.25. The fourth-order valence-electron chi connectivity index (χ4n) is 1.25. The molecule has 0 spiro atoms. The lowest BCUT2D eigenvalue weighted by Gasteiger charge is -2.22. The third-order valence-electron chi connectivity index (χ3n) is 2.66. The van der Waals surface area contributed by atoms with Gasteiger partial charge in [-0.3, -0.25) is 0 Å². The van der Waals surface area contributed by atoms with Gasteiger partial charge in [0.05, 0.1) is 11.3 Å². The molecule has 0 unspecified atom stereocenters. The van der Waals surface area contributed by atoms with Gasteiger partial charge in [0.25, 0.3) is 0 Å². The van der Waals surface area contributed by atoms with E-state index in [0.29, 0.717) is 12.2 Å². The summed E-state index contributed by atoms with van der Waals surface area (Å²) in [4.78, 5) is 10.8. The predicted molar refractivity (Wildman–Crippen MR) is 57.4 cm³/mol. The zero-order valence-corrected chi connectivity index (χ0v) is 10.0. The van der Waals surface area contributed by atoms with Crippen molar-refractivity contribution in [3.63, 3.8) is 0 Å². The first-order chi connectivity index (χ1) is 7.37. The van der Waals surface area contributed by atoms with E-state index in [-0.39, 0.29) is 11.3 Å². The van der Waals surface area contributed by atoms with E-state index in [1.165, 1.54) is 0 Å². The summed E-state index contributed by atoms with van der Waals surface area (Å²) < 4.78 is 6.86. The van der Waals surface area contributed by atoms with Crippen molar-refractivity contribution >= 4 is 5.97 Å². The number of aromatic nitrogens is 3. The van der Waals surface area contributed by atoms with Gasteiger partial charge in [-0.1, -0.05) is 5.21 Å². The number of ether oxygens (including phenoxy) is 1. The molecule has 1 heterocycles. The summed E-state index contributed by atoms with van der Waals surface area (Å²) in [5, 5.41) is 16.2. The Labute approximate surface area is 94.2 Å². The summed E-state index contributed by atoms with van der Waals surface area (Å²) in [7, 11) is 1.65. The van der Waals surface area contributed by atoms with Crippen molar-refractivity contribution in [1.82, 2.24) is 15.0 Å². The van der Waals surface area contributed by atoms with Gasteiger partial charge in [-0.2, -0.15) is 0 Å². The van der Waals surface area contributed by atoms with Crippen molar-refractivity contribution in [3.05, 3.63) is 11.4 Å². The largest absolute Gasteiger partial charge is 0.476 e. The van der Waals surface area contributed by atoms with Gasteiger partial charge in [0, 0.05) is 13.7 Å². The van der Waals surface area contributed by atoms with Crippen molar-refractivity contribution in [2.45, 2.75) is 39.3 Å². The monoisotopic (exact) mass is 227 g/mol. The third kappa shape index (κ3) is 2.79. The van der Waals surface area contributed by atoms with Crippen LogP contribution in [-0.4, -0.2) is 38.8 Å². The van der Waals surface area contributed by atoms with Crippen LogP contribution in [0.1, 0.15) is 36.5 Å². The lowest BCUT2D eigenvalue weighted by atomic mass is 10.1. The van der Waals surface area contributed by atoms with E-state index >= 15 is 0 Å². The van der Waals surface area contributed by atoms with Crippen LogP contribution in [-0.2, 0) is 11.3 Å². The van der Waals surface area contributed by atoms with E-state index in [1.807, 2.05) is 13.8 Å². The van der Waals surface area contributed by atoms with Crippen LogP contribution in [0, 0.1) is 6.92 Å². The number of aryl methyl sites for hydroxylation is 1. The van der Waals surface area contributed by atoms with Gasteiger partial charge in [0.1, 0.15) is 0 Å². The Balaban J connectivity index is 2.72. The van der Waals surface area contributed by atoms with Gasteiger partial charge in [-0.25, -0.2) is 9.48 Å². The quantitative estimate of drug-likeness (QED) is 0.815. The Morgan fingerprint density at radius 1 is 1.56 bits per heavy atom. The van der Waals surface area contributed by atoms with Crippen molar-refractivity contribution in [3.8, 4) is 0 Å². The highest BCUT2D eigenvalue weighted by atomic mass is 16.5. The summed E-state index contributed by atoms with van der Waals surface area (Å²) in [6, 6.07) is 0. The number of hydrogen-bond acceptors (Lipinski definition) is 4. The molecule has 0 aliphatic rings. The van der Waals surface area contributed by atoms with Crippen molar-refractivity contribution in [2.75, 3.05) is 7.11 Å². The molecule has 1 rings (SSSR count). The van der Waals surface area contributed by atoms with Crippen molar-refractivity contribution in [2.24, 2.45) is 0 Å². The summed E-state index contributed by atoms with van der Waals surface area (Å²) in [5.74, 6) is -1.05. The van der Waals surface area contributed by atoms with Gasteiger partial charge in [0.2, 0.25) is 0 Å². The molecule has 90 valence electrons. The maximum absolute atomic E-state index is 10.8. The van der Waals surface area contributed by atoms with Crippen molar-refractivity contribution < 1.29 is 14.6 Å². The van der Waals surface area contributed by atoms with Gasteiger partial charge in [-0.15, -0.1) is 5.10 Å². The van der Waals surface area contributed by atoms with Crippen molar-refractivity contribution in [1.29, 1.82) is 0 Å². The standard InChI is InChI=1S/C10H17N3O3/c1-7-8(9(14)15)11-12-13(7)6-5-10(2,3)16-4/h5-6H2,1-4H3,(H,14,15). The van der Waals surface area contributed by atoms with Crippen LogP contribution in [0.2, 0.25) is 0 Å². The molecular formula is C10H17N3O3. The number of carboxylic acids is 1. The molecule has 1 N–H and O–H groups in total. The molecule has 1 aromatic heterocycles. The first kappa shape index (κ1) is 12.6. The minimum atomic E-state index is -1.05. The molecule has 0 fully saturated rings. The molecule has 0 aliphatic carbocycles. The molecule has 0 saturated heterocycles. The third-order valence-corrected chi connectivity index (χ3v) is 2.66. The Morgan fingerprint density at radius 2 is 2.19 bits per heavy atom. The maximum Gasteiger partial charge on any atom is 0.358 e. The number of nitrogens with zero attached hydrogens (tertiary/aromatic N) is 3. The summed E-state index contributed by atoms with van der Waals surface area (Å²) in [5.41, 5.74) is 0.330. The Kier molecular flexibility index (Phi) is 3.64. The molecule has 0 saturated carbocycles. The fourth-order valence-corrected chi connectivity index (χ4v) is 1.25. The number of carbonyl (C=O) groups is 1. The Hall–Kier alpha value is -1.43. The molecule has 6 nitrogen and oxygen atoms in total. The van der Waals surface area contributed by atoms with Crippen LogP contribution in [0.25, 0.3) is 0 Å². The zero-order valence-electron chi connectivity index (χ0n) is 10.0. The van der Waals surface area contributed by atoms with E-state index in [9.17, 15) is 4.79 Å². The molecule has 0 atom stereocenters. The van der Waals surface area contributed by atoms with E-state index in [4.69, 9.17) is 9.84 Å². The van der Waals surface area contributed by atoms with E-state index in [1.54, 1.807) is 18.7 Å². The zero-order chi connectivity index (χ0) is 12.3. The summed E-state index contributed by atoms with van der Waals surface area (Å²) in [6.45, 7) is 6.23. The molecule has 6 heteroatoms. The van der Waals surface area contributed by atoms with Gasteiger partial charge >= 0.3 is 5.97 Å². The summed E-state index contributed by atoms with van der Waals surface area (Å²) in [6.07, 6.45) is 0.743. The normalized spacial score (nSPS) is 11.8. The summed E-state index contributed by atoms with van der Waals surface area (Å²) >= 11 is 0. The Morgan fingerprint density at radius 3 is 2.62 bits per heavy atom. The molecule has 0 aliphatic heterocycles. The second kappa shape index (κ2) is 4.61. The molecule has 16 heavy (non-hydrogen) atoms. The highest BCUT2D eigenvalue weighted by molar-refractivity contribution is 5.86. The van der Waals surface area contributed by atoms with E-state index < -0.39 is 5.97 Å². The minimum Gasteiger partial charge on any atom is -0.476 e. The van der Waals surface area contributed by atoms with Crippen LogP contribution in [0.3, 0.4) is 0 Å². The highest BCUT2D eigenvalue weighted by Gasteiger charge is 2.19. The SMILES string of the molecule is COC(C)(C)CCn1nnc(C(=O)O)c1C. The smallest absolute Gasteiger partial charge is 0.358 e. The number of methoxy groups -OCH3 is 1. The average molecular weight is 227 g/mol. The molecule has 0 aromatic carbocycles. The second-order valence-corrected chi connectivity index (χ2v) is 4.27. The van der Waals surface area contributed by atoms with E-state index in [0.717, 1.165) is 6.42 Å². The van der Waals surface area contributed by atoms with Crippen LogP contribution in [0.4, 0.5) is 0 Å². The van der Waals surface area contributed by atoms with Gasteiger partial charge in [0.15, 0.2) is 5.69 Å². The minimum absolute atomic E-state index is 0.00947. The fraction of sp³-hybridized carbons (Fsp3) is 0.700. The van der Waals surface area contributed by atoms with E-state index in [2.05, 4.69) is 10.3 Å². The topological polar surface area (TPSA) is 77.2 Å². The average Bonchev–Trinajstić information content (AvgIpc) is 2.57. The molecule has 0 amide bonds. The second-order valence-electron chi connectivity index (χ2n) is 4.27. The number of carboxylic acid groups (broad SMARTS) is 1. The van der Waals surface area contributed by atoms with Crippen LogP contribution in [0.15, 0.2) is 0 Å². The van der Waals surface area contributed by atoms with Crippen LogP contribution in [0.5, 0.6) is 0 Å². The first-order valence-corrected chi connectivity index (χ1v) is 5.06. The molecular weight excluding hydrogens is 210 g/mol. The molecule has 0 radical (unpaired) electrons. The first-order valence-electron chi connectivity index (χ1n) is 5.06. The van der Waals surface area contributed by atoms with Gasteiger partial charge < -0.3 is 9.84 Å². The van der Waals surface area contributed by atoms with Crippen LogP contribution >= 0.6 is 0 Å². The Bertz CT molecular complexity index is 385. The number of hydrogen-bond donors (Lipinski definition) is 1. The van der Waals surface area contributed by atoms with Crippen LogP contribution < -0.4 is 0 Å². The number of rotatable bonds is 5. The number of aromatic carboxylic acids is 1. The highest BCUT2D eigenvalue weighted by Crippen LogP contribution is 2.15. The lowest BCUT2D eigenvalue weighted by molar-refractivity contribution is 0.0111.